The van der Waals surface area contributed by atoms with Crippen molar-refractivity contribution in [3.63, 3.8) is 0 Å². The second-order valence-corrected chi connectivity index (χ2v) is 4.33. The lowest BCUT2D eigenvalue weighted by atomic mass is 9.71. The lowest BCUT2D eigenvalue weighted by Crippen LogP contribution is -2.43. The van der Waals surface area contributed by atoms with Crippen LogP contribution in [0.1, 0.15) is 12.8 Å². The van der Waals surface area contributed by atoms with Crippen molar-refractivity contribution < 1.29 is 4.39 Å². The fourth-order valence-corrected chi connectivity index (χ4v) is 2.56. The van der Waals surface area contributed by atoms with Gasteiger partial charge in [0.25, 0.3) is 0 Å². The largest absolute Gasteiger partial charge is 0.367 e. The van der Waals surface area contributed by atoms with E-state index in [0.717, 1.165) is 5.92 Å². The maximum Gasteiger partial charge on any atom is 0.214 e. The summed E-state index contributed by atoms with van der Waals surface area (Å²) in [4.78, 5) is 3.81. The highest BCUT2D eigenvalue weighted by Gasteiger charge is 2.40. The van der Waals surface area contributed by atoms with Gasteiger partial charge in [0.15, 0.2) is 0 Å². The number of aromatic nitrogens is 1. The molecule has 2 aliphatic carbocycles. The van der Waals surface area contributed by atoms with E-state index in [-0.39, 0.29) is 0 Å². The summed E-state index contributed by atoms with van der Waals surface area (Å²) in [6.07, 6.45) is 6.90. The maximum atomic E-state index is 12.8. The van der Waals surface area contributed by atoms with E-state index in [1.807, 2.05) is 6.07 Å². The zero-order chi connectivity index (χ0) is 10.3. The molecular weight excluding hydrogens is 191 g/mol. The number of rotatable bonds is 2. The van der Waals surface area contributed by atoms with Crippen LogP contribution in [0.2, 0.25) is 0 Å². The molecule has 0 spiro atoms. The number of nitrogens with one attached hydrogen (secondary N) is 1. The number of pyridine rings is 1. The van der Waals surface area contributed by atoms with Crippen LogP contribution >= 0.6 is 0 Å². The number of allylic oxidation sites excluding steroid dienone is 1. The minimum atomic E-state index is -0.419. The molecule has 1 saturated carbocycles. The maximum absolute atomic E-state index is 12.8. The van der Waals surface area contributed by atoms with Gasteiger partial charge in [-0.2, -0.15) is 4.39 Å². The molecule has 78 valence electrons. The fourth-order valence-electron chi connectivity index (χ4n) is 2.56. The molecule has 0 aromatic carbocycles. The zero-order valence-electron chi connectivity index (χ0n) is 8.36. The fraction of sp³-hybridized carbons (Fsp3) is 0.417. The van der Waals surface area contributed by atoms with E-state index < -0.39 is 5.95 Å². The Labute approximate surface area is 88.2 Å². The number of fused-ring (bicyclic) bond motifs is 1. The van der Waals surface area contributed by atoms with Gasteiger partial charge in [0.2, 0.25) is 5.95 Å². The summed E-state index contributed by atoms with van der Waals surface area (Å²) >= 11 is 0. The number of anilines is 1. The average molecular weight is 204 g/mol. The molecule has 0 saturated heterocycles. The van der Waals surface area contributed by atoms with Crippen molar-refractivity contribution >= 4 is 5.82 Å². The quantitative estimate of drug-likeness (QED) is 0.591. The molecule has 3 atom stereocenters. The predicted octanol–water partition coefficient (Wildman–Crippen LogP) is 2.60. The molecule has 0 amide bonds. The van der Waals surface area contributed by atoms with Gasteiger partial charge in [-0.25, -0.2) is 4.98 Å². The van der Waals surface area contributed by atoms with Crippen molar-refractivity contribution in [1.82, 2.24) is 4.98 Å². The summed E-state index contributed by atoms with van der Waals surface area (Å²) in [7, 11) is 0. The van der Waals surface area contributed by atoms with Gasteiger partial charge in [-0.3, -0.25) is 0 Å². The highest BCUT2D eigenvalue weighted by atomic mass is 19.1. The number of halogens is 1. The van der Waals surface area contributed by atoms with Gasteiger partial charge in [-0.05, 0) is 30.9 Å². The summed E-state index contributed by atoms with van der Waals surface area (Å²) in [6.45, 7) is 0. The molecule has 3 unspecified atom stereocenters. The molecule has 1 aromatic heterocycles. The van der Waals surface area contributed by atoms with Gasteiger partial charge in [0.1, 0.15) is 5.82 Å². The van der Waals surface area contributed by atoms with Crippen LogP contribution in [-0.2, 0) is 0 Å². The molecule has 1 fully saturated rings. The molecular formula is C12H13FN2. The molecule has 0 bridgehead atoms. The van der Waals surface area contributed by atoms with Crippen molar-refractivity contribution in [3.8, 4) is 0 Å². The molecule has 2 nitrogen and oxygen atoms in total. The van der Waals surface area contributed by atoms with Crippen LogP contribution in [0.3, 0.4) is 0 Å². The molecule has 2 aliphatic rings. The van der Waals surface area contributed by atoms with Crippen LogP contribution in [-0.4, -0.2) is 11.0 Å². The Morgan fingerprint density at radius 2 is 2.33 bits per heavy atom. The Morgan fingerprint density at radius 1 is 1.40 bits per heavy atom. The molecule has 3 heteroatoms. The molecule has 1 N–H and O–H groups in total. The smallest absolute Gasteiger partial charge is 0.214 e. The molecule has 3 rings (SSSR count). The van der Waals surface area contributed by atoms with Gasteiger partial charge >= 0.3 is 0 Å². The van der Waals surface area contributed by atoms with Crippen molar-refractivity contribution in [3.05, 3.63) is 36.3 Å². The molecule has 1 heterocycles. The minimum absolute atomic E-state index is 0.419. The highest BCUT2D eigenvalue weighted by molar-refractivity contribution is 5.37. The van der Waals surface area contributed by atoms with Crippen molar-refractivity contribution in [2.75, 3.05) is 5.32 Å². The lowest BCUT2D eigenvalue weighted by Gasteiger charge is -2.40. The summed E-state index contributed by atoms with van der Waals surface area (Å²) in [5.74, 6) is 1.68. The first-order valence-corrected chi connectivity index (χ1v) is 5.39. The third kappa shape index (κ3) is 1.52. The third-order valence-electron chi connectivity index (χ3n) is 3.41. The van der Waals surface area contributed by atoms with E-state index in [0.29, 0.717) is 17.8 Å². The van der Waals surface area contributed by atoms with Crippen molar-refractivity contribution in [1.29, 1.82) is 0 Å². The van der Waals surface area contributed by atoms with Gasteiger partial charge < -0.3 is 5.32 Å². The van der Waals surface area contributed by atoms with Crippen molar-refractivity contribution in [2.24, 2.45) is 11.8 Å². The van der Waals surface area contributed by atoms with Crippen LogP contribution in [0.5, 0.6) is 0 Å². The minimum Gasteiger partial charge on any atom is -0.367 e. The number of hydrogen-bond donors (Lipinski definition) is 1. The SMILES string of the molecule is Fc1cccc(NC2CC3CC=CC32)n1. The topological polar surface area (TPSA) is 24.9 Å². The Morgan fingerprint density at radius 3 is 3.13 bits per heavy atom. The van der Waals surface area contributed by atoms with E-state index in [1.165, 1.54) is 18.9 Å². The summed E-state index contributed by atoms with van der Waals surface area (Å²) in [5.41, 5.74) is 0. The first kappa shape index (κ1) is 8.89. The highest BCUT2D eigenvalue weighted by Crippen LogP contribution is 2.43. The van der Waals surface area contributed by atoms with Crippen LogP contribution in [0, 0.1) is 17.8 Å². The van der Waals surface area contributed by atoms with E-state index in [9.17, 15) is 4.39 Å². The molecule has 0 radical (unpaired) electrons. The Bertz CT molecular complexity index is 402. The lowest BCUT2D eigenvalue weighted by molar-refractivity contribution is 0.217. The van der Waals surface area contributed by atoms with Crippen LogP contribution in [0.25, 0.3) is 0 Å². The van der Waals surface area contributed by atoms with E-state index in [2.05, 4.69) is 22.5 Å². The second kappa shape index (κ2) is 3.33. The van der Waals surface area contributed by atoms with Crippen LogP contribution in [0.4, 0.5) is 10.2 Å². The van der Waals surface area contributed by atoms with Crippen LogP contribution in [0.15, 0.2) is 30.4 Å². The van der Waals surface area contributed by atoms with Gasteiger partial charge in [0, 0.05) is 12.0 Å². The molecule has 0 aliphatic heterocycles. The van der Waals surface area contributed by atoms with E-state index in [4.69, 9.17) is 0 Å². The summed E-state index contributed by atoms with van der Waals surface area (Å²) < 4.78 is 12.8. The van der Waals surface area contributed by atoms with Crippen LogP contribution < -0.4 is 5.32 Å². The first-order valence-electron chi connectivity index (χ1n) is 5.39. The zero-order valence-corrected chi connectivity index (χ0v) is 8.36. The van der Waals surface area contributed by atoms with Gasteiger partial charge in [-0.15, -0.1) is 0 Å². The summed E-state index contributed by atoms with van der Waals surface area (Å²) in [5, 5.41) is 3.29. The molecule has 15 heavy (non-hydrogen) atoms. The standard InChI is InChI=1S/C12H13FN2/c13-11-5-2-6-12(15-11)14-10-7-8-3-1-4-9(8)10/h1-2,4-6,8-10H,3,7H2,(H,14,15). The Balaban J connectivity index is 1.69. The third-order valence-corrected chi connectivity index (χ3v) is 3.41. The summed E-state index contributed by atoms with van der Waals surface area (Å²) in [6, 6.07) is 5.31. The van der Waals surface area contributed by atoms with Crippen molar-refractivity contribution in [2.45, 2.75) is 18.9 Å². The van der Waals surface area contributed by atoms with E-state index >= 15 is 0 Å². The molecule has 1 aromatic rings. The normalized spacial score (nSPS) is 32.2. The van der Waals surface area contributed by atoms with Gasteiger partial charge in [0.05, 0.1) is 0 Å². The van der Waals surface area contributed by atoms with Gasteiger partial charge in [-0.1, -0.05) is 18.2 Å². The Hall–Kier alpha value is -1.38. The monoisotopic (exact) mass is 204 g/mol. The van der Waals surface area contributed by atoms with E-state index in [1.54, 1.807) is 6.07 Å². The predicted molar refractivity (Wildman–Crippen MR) is 57.0 cm³/mol. The Kier molecular flexibility index (Phi) is 1.97. The average Bonchev–Trinajstić information content (AvgIpc) is 2.56. The number of hydrogen-bond acceptors (Lipinski definition) is 2. The second-order valence-electron chi connectivity index (χ2n) is 4.33. The number of nitrogens with zero attached hydrogens (tertiary/aromatic N) is 1. The first-order chi connectivity index (χ1) is 7.33.